The van der Waals surface area contributed by atoms with Crippen molar-refractivity contribution in [3.8, 4) is 0 Å². The van der Waals surface area contributed by atoms with Crippen LogP contribution in [-0.4, -0.2) is 17.5 Å². The third kappa shape index (κ3) is 1.38. The van der Waals surface area contributed by atoms with Crippen LogP contribution in [0.4, 0.5) is 0 Å². The first-order valence-corrected chi connectivity index (χ1v) is 9.27. The van der Waals surface area contributed by atoms with Crippen molar-refractivity contribution in [1.82, 2.24) is 0 Å². The molecule has 2 aliphatic heterocycles. The zero-order valence-corrected chi connectivity index (χ0v) is 15.0. The number of hydrogen-bond donors (Lipinski definition) is 0. The van der Waals surface area contributed by atoms with Crippen LogP contribution in [0, 0.1) is 22.2 Å². The van der Waals surface area contributed by atoms with E-state index in [0.717, 1.165) is 31.2 Å². The summed E-state index contributed by atoms with van der Waals surface area (Å²) >= 11 is 0. The zero-order chi connectivity index (χ0) is 17.7. The van der Waals surface area contributed by atoms with Crippen molar-refractivity contribution in [3.05, 3.63) is 24.2 Å². The SMILES string of the molecule is C[C@@H]1CC[C@@]2(C)[C@@]3(CC[C@@]2(C)C(=O)O3)[C@@]12C[C@H](c1ccoc1)OC2=O. The number of carbonyl (C=O) groups is 2. The van der Waals surface area contributed by atoms with Gasteiger partial charge in [0.2, 0.25) is 0 Å². The molecule has 6 atom stereocenters. The predicted molar refractivity (Wildman–Crippen MR) is 87.3 cm³/mol. The summed E-state index contributed by atoms with van der Waals surface area (Å²) < 4.78 is 17.2. The number of rotatable bonds is 1. The van der Waals surface area contributed by atoms with Crippen LogP contribution in [-0.2, 0) is 19.1 Å². The summed E-state index contributed by atoms with van der Waals surface area (Å²) in [4.78, 5) is 26.1. The van der Waals surface area contributed by atoms with Crippen LogP contribution in [0.25, 0.3) is 0 Å². The maximum absolute atomic E-state index is 13.3. The molecule has 2 saturated carbocycles. The van der Waals surface area contributed by atoms with E-state index in [-0.39, 0.29) is 29.4 Å². The molecule has 5 heteroatoms. The van der Waals surface area contributed by atoms with Gasteiger partial charge < -0.3 is 13.9 Å². The number of ether oxygens (including phenoxy) is 2. The standard InChI is InChI=1S/C20H24O5/c1-12-4-6-18(3)17(2)7-8-20(18,25-15(17)21)19(12)10-14(24-16(19)22)13-5-9-23-11-13/h5,9,11-12,14H,4,6-8,10H2,1-3H3/t12-,14-,17+,18-,19+,20+/m1/s1. The topological polar surface area (TPSA) is 65.7 Å². The Labute approximate surface area is 147 Å². The van der Waals surface area contributed by atoms with Gasteiger partial charge >= 0.3 is 11.9 Å². The highest BCUT2D eigenvalue weighted by Crippen LogP contribution is 2.78. The summed E-state index contributed by atoms with van der Waals surface area (Å²) in [5.74, 6) is -0.205. The molecule has 3 heterocycles. The van der Waals surface area contributed by atoms with Gasteiger partial charge in [0.15, 0.2) is 0 Å². The molecular weight excluding hydrogens is 320 g/mol. The van der Waals surface area contributed by atoms with Crippen molar-refractivity contribution in [2.24, 2.45) is 22.2 Å². The van der Waals surface area contributed by atoms with E-state index in [9.17, 15) is 9.59 Å². The summed E-state index contributed by atoms with van der Waals surface area (Å²) in [6.07, 6.45) is 6.86. The van der Waals surface area contributed by atoms with E-state index in [0.29, 0.717) is 6.42 Å². The fourth-order valence-electron chi connectivity index (χ4n) is 6.65. The normalized spacial score (nSPS) is 50.8. The Bertz CT molecular complexity index is 769. The van der Waals surface area contributed by atoms with Crippen LogP contribution in [0.5, 0.6) is 0 Å². The second-order valence-electron chi connectivity index (χ2n) is 8.95. The highest BCUT2D eigenvalue weighted by atomic mass is 16.6. The molecule has 2 aliphatic carbocycles. The van der Waals surface area contributed by atoms with Gasteiger partial charge in [-0.15, -0.1) is 0 Å². The van der Waals surface area contributed by atoms with E-state index in [4.69, 9.17) is 13.9 Å². The second-order valence-corrected chi connectivity index (χ2v) is 8.95. The average Bonchev–Trinajstić information content (AvgIpc) is 3.29. The van der Waals surface area contributed by atoms with Gasteiger partial charge in [-0.1, -0.05) is 13.8 Å². The number of furan rings is 1. The molecule has 0 aromatic carbocycles. The zero-order valence-electron chi connectivity index (χ0n) is 15.0. The van der Waals surface area contributed by atoms with Gasteiger partial charge in [0, 0.05) is 17.4 Å². The number of hydrogen-bond acceptors (Lipinski definition) is 5. The minimum atomic E-state index is -0.758. The molecule has 4 fully saturated rings. The first-order valence-electron chi connectivity index (χ1n) is 9.27. The van der Waals surface area contributed by atoms with Crippen molar-refractivity contribution in [3.63, 3.8) is 0 Å². The molecule has 1 spiro atoms. The summed E-state index contributed by atoms with van der Waals surface area (Å²) in [7, 11) is 0. The van der Waals surface area contributed by atoms with Crippen LogP contribution in [0.1, 0.15) is 64.5 Å². The Morgan fingerprint density at radius 1 is 1.12 bits per heavy atom. The maximum atomic E-state index is 13.3. The predicted octanol–water partition coefficient (Wildman–Crippen LogP) is 3.79. The van der Waals surface area contributed by atoms with Crippen molar-refractivity contribution in [2.75, 3.05) is 0 Å². The molecule has 1 aromatic rings. The van der Waals surface area contributed by atoms with Gasteiger partial charge in [-0.05, 0) is 44.6 Å². The highest BCUT2D eigenvalue weighted by Gasteiger charge is 2.85. The van der Waals surface area contributed by atoms with E-state index >= 15 is 0 Å². The lowest BCUT2D eigenvalue weighted by atomic mass is 9.46. The average molecular weight is 344 g/mol. The summed E-state index contributed by atoms with van der Waals surface area (Å²) in [6, 6.07) is 1.85. The Kier molecular flexibility index (Phi) is 2.66. The Balaban J connectivity index is 1.68. The minimum absolute atomic E-state index is 0.123. The molecule has 0 amide bonds. The second kappa shape index (κ2) is 4.30. The van der Waals surface area contributed by atoms with Gasteiger partial charge in [-0.3, -0.25) is 9.59 Å². The van der Waals surface area contributed by atoms with Crippen molar-refractivity contribution < 1.29 is 23.5 Å². The monoisotopic (exact) mass is 344 g/mol. The van der Waals surface area contributed by atoms with E-state index in [1.165, 1.54) is 0 Å². The largest absolute Gasteiger partial charge is 0.472 e. The first-order chi connectivity index (χ1) is 11.8. The van der Waals surface area contributed by atoms with Gasteiger partial charge in [0.05, 0.1) is 17.9 Å². The molecule has 25 heavy (non-hydrogen) atoms. The van der Waals surface area contributed by atoms with E-state index in [1.54, 1.807) is 12.5 Å². The van der Waals surface area contributed by atoms with Crippen molar-refractivity contribution in [2.45, 2.75) is 64.6 Å². The van der Waals surface area contributed by atoms with Crippen LogP contribution in [0.2, 0.25) is 0 Å². The lowest BCUT2D eigenvalue weighted by Gasteiger charge is -2.55. The van der Waals surface area contributed by atoms with E-state index in [1.807, 2.05) is 13.0 Å². The number of esters is 2. The van der Waals surface area contributed by atoms with Gasteiger partial charge in [0.25, 0.3) is 0 Å². The molecule has 4 aliphatic rings. The Morgan fingerprint density at radius 3 is 2.60 bits per heavy atom. The number of cyclic esters (lactones) is 1. The molecule has 5 nitrogen and oxygen atoms in total. The summed E-state index contributed by atoms with van der Waals surface area (Å²) in [5.41, 5.74) is -1.42. The van der Waals surface area contributed by atoms with Gasteiger partial charge in [-0.25, -0.2) is 0 Å². The lowest BCUT2D eigenvalue weighted by Crippen LogP contribution is -2.63. The molecule has 0 radical (unpaired) electrons. The summed E-state index contributed by atoms with van der Waals surface area (Å²) in [6.45, 7) is 6.31. The van der Waals surface area contributed by atoms with Crippen LogP contribution in [0.15, 0.2) is 23.0 Å². The van der Waals surface area contributed by atoms with Crippen LogP contribution >= 0.6 is 0 Å². The first kappa shape index (κ1) is 15.5. The third-order valence-corrected chi connectivity index (χ3v) is 8.48. The van der Waals surface area contributed by atoms with E-state index < -0.39 is 16.4 Å². The lowest BCUT2D eigenvalue weighted by molar-refractivity contribution is -0.205. The van der Waals surface area contributed by atoms with Crippen molar-refractivity contribution in [1.29, 1.82) is 0 Å². The molecule has 1 aromatic heterocycles. The van der Waals surface area contributed by atoms with Gasteiger partial charge in [-0.2, -0.15) is 0 Å². The molecule has 5 rings (SSSR count). The Hall–Kier alpha value is -1.78. The quantitative estimate of drug-likeness (QED) is 0.725. The van der Waals surface area contributed by atoms with Crippen molar-refractivity contribution >= 4 is 11.9 Å². The summed E-state index contributed by atoms with van der Waals surface area (Å²) in [5, 5.41) is 0. The molecule has 0 unspecified atom stereocenters. The molecule has 2 saturated heterocycles. The molecule has 2 bridgehead atoms. The highest BCUT2D eigenvalue weighted by molar-refractivity contribution is 5.88. The Morgan fingerprint density at radius 2 is 1.92 bits per heavy atom. The fourth-order valence-corrected chi connectivity index (χ4v) is 6.65. The third-order valence-electron chi connectivity index (χ3n) is 8.48. The van der Waals surface area contributed by atoms with Crippen LogP contribution in [0.3, 0.4) is 0 Å². The molecule has 0 N–H and O–H groups in total. The molecular formula is C20H24O5. The fraction of sp³-hybridized carbons (Fsp3) is 0.700. The molecule has 134 valence electrons. The van der Waals surface area contributed by atoms with Crippen LogP contribution < -0.4 is 0 Å². The maximum Gasteiger partial charge on any atom is 0.317 e. The van der Waals surface area contributed by atoms with E-state index in [2.05, 4.69) is 13.8 Å². The smallest absolute Gasteiger partial charge is 0.317 e. The minimum Gasteiger partial charge on any atom is -0.472 e. The number of carbonyl (C=O) groups excluding carboxylic acids is 2. The van der Waals surface area contributed by atoms with Gasteiger partial charge in [0.1, 0.15) is 17.1 Å².